The second-order valence-electron chi connectivity index (χ2n) is 4.35. The van der Waals surface area contributed by atoms with Crippen molar-refractivity contribution in [3.8, 4) is 0 Å². The second-order valence-corrected chi connectivity index (χ2v) is 4.35. The lowest BCUT2D eigenvalue weighted by molar-refractivity contribution is -0.136. The molecule has 2 rings (SSSR count). The Morgan fingerprint density at radius 2 is 2.25 bits per heavy atom. The minimum atomic E-state index is -0.727. The van der Waals surface area contributed by atoms with Crippen molar-refractivity contribution in [3.05, 3.63) is 29.8 Å². The van der Waals surface area contributed by atoms with E-state index in [-0.39, 0.29) is 6.42 Å². The van der Waals surface area contributed by atoms with Crippen molar-refractivity contribution in [2.24, 2.45) is 0 Å². The molecule has 1 aromatic carbocycles. The van der Waals surface area contributed by atoms with E-state index >= 15 is 0 Å². The van der Waals surface area contributed by atoms with Crippen molar-refractivity contribution in [2.45, 2.75) is 32.2 Å². The lowest BCUT2D eigenvalue weighted by Crippen LogP contribution is -2.38. The third kappa shape index (κ3) is 2.18. The first kappa shape index (κ1) is 11.0. The predicted octanol–water partition coefficient (Wildman–Crippen LogP) is 2.30. The van der Waals surface area contributed by atoms with Crippen LogP contribution in [-0.4, -0.2) is 23.7 Å². The second kappa shape index (κ2) is 4.56. The maximum absolute atomic E-state index is 10.6. The van der Waals surface area contributed by atoms with Gasteiger partial charge < -0.3 is 10.0 Å². The van der Waals surface area contributed by atoms with Crippen molar-refractivity contribution < 1.29 is 9.90 Å². The molecule has 1 heterocycles. The normalized spacial score (nSPS) is 19.3. The van der Waals surface area contributed by atoms with Gasteiger partial charge in [-0.15, -0.1) is 0 Å². The van der Waals surface area contributed by atoms with Gasteiger partial charge in [0.1, 0.15) is 0 Å². The highest BCUT2D eigenvalue weighted by atomic mass is 16.4. The summed E-state index contributed by atoms with van der Waals surface area (Å²) in [6.07, 6.45) is 2.41. The van der Waals surface area contributed by atoms with E-state index in [4.69, 9.17) is 5.11 Å². The molecular formula is C13H17NO2. The molecule has 3 nitrogen and oxygen atoms in total. The van der Waals surface area contributed by atoms with Gasteiger partial charge in [0.2, 0.25) is 0 Å². The van der Waals surface area contributed by atoms with Gasteiger partial charge in [-0.3, -0.25) is 4.79 Å². The van der Waals surface area contributed by atoms with E-state index in [9.17, 15) is 4.79 Å². The summed E-state index contributed by atoms with van der Waals surface area (Å²) in [6, 6.07) is 8.73. The van der Waals surface area contributed by atoms with E-state index < -0.39 is 5.97 Å². The highest BCUT2D eigenvalue weighted by molar-refractivity contribution is 5.68. The molecule has 1 aliphatic heterocycles. The van der Waals surface area contributed by atoms with E-state index in [0.717, 1.165) is 12.8 Å². The van der Waals surface area contributed by atoms with Crippen molar-refractivity contribution in [2.75, 3.05) is 11.4 Å². The molecule has 0 unspecified atom stereocenters. The van der Waals surface area contributed by atoms with Crippen LogP contribution in [-0.2, 0) is 11.2 Å². The zero-order chi connectivity index (χ0) is 11.5. The molecule has 0 spiro atoms. The number of benzene rings is 1. The van der Waals surface area contributed by atoms with E-state index in [1.54, 1.807) is 0 Å². The Labute approximate surface area is 95.7 Å². The van der Waals surface area contributed by atoms with Gasteiger partial charge in [0, 0.05) is 18.3 Å². The number of rotatable bonds is 3. The molecule has 1 aliphatic rings. The van der Waals surface area contributed by atoms with Crippen LogP contribution in [0, 0.1) is 0 Å². The Kier molecular flexibility index (Phi) is 3.13. The molecular weight excluding hydrogens is 202 g/mol. The van der Waals surface area contributed by atoms with Gasteiger partial charge in [0.25, 0.3) is 0 Å². The minimum absolute atomic E-state index is 0.207. The first-order valence-electron chi connectivity index (χ1n) is 5.75. The van der Waals surface area contributed by atoms with E-state index in [2.05, 4.69) is 24.0 Å². The molecule has 0 bridgehead atoms. The van der Waals surface area contributed by atoms with Crippen molar-refractivity contribution in [1.82, 2.24) is 0 Å². The summed E-state index contributed by atoms with van der Waals surface area (Å²) in [5, 5.41) is 8.75. The topological polar surface area (TPSA) is 40.5 Å². The molecule has 3 heteroatoms. The molecule has 0 radical (unpaired) electrons. The minimum Gasteiger partial charge on any atom is -0.481 e. The highest BCUT2D eigenvalue weighted by Gasteiger charge is 2.22. The summed E-state index contributed by atoms with van der Waals surface area (Å²) in [7, 11) is 0. The lowest BCUT2D eigenvalue weighted by Gasteiger charge is -2.36. The molecule has 0 fully saturated rings. The van der Waals surface area contributed by atoms with Gasteiger partial charge in [-0.05, 0) is 31.4 Å². The maximum atomic E-state index is 10.6. The Bertz CT molecular complexity index is 389. The zero-order valence-corrected chi connectivity index (χ0v) is 9.52. The van der Waals surface area contributed by atoms with Crippen LogP contribution in [0.5, 0.6) is 0 Å². The summed E-state index contributed by atoms with van der Waals surface area (Å²) in [5.41, 5.74) is 2.55. The summed E-state index contributed by atoms with van der Waals surface area (Å²) in [6.45, 7) is 2.77. The molecule has 0 aliphatic carbocycles. The van der Waals surface area contributed by atoms with Gasteiger partial charge in [-0.1, -0.05) is 18.2 Å². The fourth-order valence-electron chi connectivity index (χ4n) is 2.32. The number of aryl methyl sites for hydroxylation is 1. The third-order valence-corrected chi connectivity index (χ3v) is 3.23. The van der Waals surface area contributed by atoms with Gasteiger partial charge in [-0.2, -0.15) is 0 Å². The SMILES string of the molecule is C[C@H]1CCc2ccccc2N1CCC(=O)O. The zero-order valence-electron chi connectivity index (χ0n) is 9.52. The summed E-state index contributed by atoms with van der Waals surface area (Å²) >= 11 is 0. The highest BCUT2D eigenvalue weighted by Crippen LogP contribution is 2.30. The fourth-order valence-corrected chi connectivity index (χ4v) is 2.32. The van der Waals surface area contributed by atoms with E-state index in [0.29, 0.717) is 12.6 Å². The van der Waals surface area contributed by atoms with Crippen LogP contribution in [0.1, 0.15) is 25.3 Å². The van der Waals surface area contributed by atoms with Crippen LogP contribution < -0.4 is 4.90 Å². The molecule has 1 N–H and O–H groups in total. The monoisotopic (exact) mass is 219 g/mol. The number of carboxylic acid groups (broad SMARTS) is 1. The van der Waals surface area contributed by atoms with Crippen molar-refractivity contribution in [1.29, 1.82) is 0 Å². The van der Waals surface area contributed by atoms with Crippen LogP contribution in [0.2, 0.25) is 0 Å². The maximum Gasteiger partial charge on any atom is 0.305 e. The predicted molar refractivity (Wildman–Crippen MR) is 63.8 cm³/mol. The van der Waals surface area contributed by atoms with Gasteiger partial charge >= 0.3 is 5.97 Å². The number of para-hydroxylation sites is 1. The number of aliphatic carboxylic acids is 1. The molecule has 1 atom stereocenters. The number of carboxylic acids is 1. The van der Waals surface area contributed by atoms with Crippen molar-refractivity contribution >= 4 is 11.7 Å². The molecule has 86 valence electrons. The Balaban J connectivity index is 2.19. The Morgan fingerprint density at radius 3 is 3.00 bits per heavy atom. The van der Waals surface area contributed by atoms with Crippen LogP contribution in [0.25, 0.3) is 0 Å². The quantitative estimate of drug-likeness (QED) is 0.848. The Morgan fingerprint density at radius 1 is 1.50 bits per heavy atom. The fraction of sp³-hybridized carbons (Fsp3) is 0.462. The van der Waals surface area contributed by atoms with Gasteiger partial charge in [0.05, 0.1) is 6.42 Å². The number of hydrogen-bond donors (Lipinski definition) is 1. The average molecular weight is 219 g/mol. The summed E-state index contributed by atoms with van der Waals surface area (Å²) in [4.78, 5) is 12.8. The van der Waals surface area contributed by atoms with Gasteiger partial charge in [-0.25, -0.2) is 0 Å². The standard InChI is InChI=1S/C13H17NO2/c1-10-6-7-11-4-2-3-5-12(11)14(10)9-8-13(15)16/h2-5,10H,6-9H2,1H3,(H,15,16)/t10-/m0/s1. The average Bonchev–Trinajstić information content (AvgIpc) is 2.27. The lowest BCUT2D eigenvalue weighted by atomic mass is 9.96. The Hall–Kier alpha value is -1.51. The number of fused-ring (bicyclic) bond motifs is 1. The van der Waals surface area contributed by atoms with Crippen LogP contribution in [0.15, 0.2) is 24.3 Å². The van der Waals surface area contributed by atoms with Crippen LogP contribution in [0.4, 0.5) is 5.69 Å². The number of hydrogen-bond acceptors (Lipinski definition) is 2. The number of anilines is 1. The van der Waals surface area contributed by atoms with Crippen LogP contribution in [0.3, 0.4) is 0 Å². The molecule has 0 saturated carbocycles. The first-order valence-corrected chi connectivity index (χ1v) is 5.75. The summed E-state index contributed by atoms with van der Waals surface area (Å²) in [5.74, 6) is -0.727. The molecule has 0 amide bonds. The van der Waals surface area contributed by atoms with Gasteiger partial charge in [0.15, 0.2) is 0 Å². The largest absolute Gasteiger partial charge is 0.481 e. The summed E-state index contributed by atoms with van der Waals surface area (Å²) < 4.78 is 0. The molecule has 16 heavy (non-hydrogen) atoms. The first-order chi connectivity index (χ1) is 7.68. The molecule has 0 saturated heterocycles. The van der Waals surface area contributed by atoms with E-state index in [1.165, 1.54) is 11.3 Å². The van der Waals surface area contributed by atoms with Crippen LogP contribution >= 0.6 is 0 Å². The molecule has 1 aromatic rings. The number of carbonyl (C=O) groups is 1. The molecule has 0 aromatic heterocycles. The third-order valence-electron chi connectivity index (χ3n) is 3.23. The number of nitrogens with zero attached hydrogens (tertiary/aromatic N) is 1. The van der Waals surface area contributed by atoms with E-state index in [1.807, 2.05) is 12.1 Å². The smallest absolute Gasteiger partial charge is 0.305 e. The van der Waals surface area contributed by atoms with Crippen molar-refractivity contribution in [3.63, 3.8) is 0 Å².